The number of fused-ring (bicyclic) bond motifs is 4. The number of rotatable bonds is 1. The molecule has 2 aliphatic heterocycles. The van der Waals surface area contributed by atoms with Crippen LogP contribution < -0.4 is 25.4 Å². The van der Waals surface area contributed by atoms with E-state index in [9.17, 15) is 4.79 Å². The molecular formula is C16H25Cl2N3O3. The Morgan fingerprint density at radius 1 is 1.08 bits per heavy atom. The maximum atomic E-state index is 12.4. The van der Waals surface area contributed by atoms with E-state index >= 15 is 0 Å². The topological polar surface area (TPSA) is 71.6 Å². The van der Waals surface area contributed by atoms with Gasteiger partial charge in [-0.1, -0.05) is 6.07 Å². The molecule has 1 fully saturated rings. The van der Waals surface area contributed by atoms with E-state index in [1.54, 1.807) is 7.11 Å². The molecule has 6 nitrogen and oxygen atoms in total. The van der Waals surface area contributed by atoms with E-state index in [1.807, 2.05) is 18.2 Å². The lowest BCUT2D eigenvalue weighted by Gasteiger charge is -2.19. The largest absolute Gasteiger partial charge is 0.493 e. The first-order chi connectivity index (χ1) is 10.8. The lowest BCUT2D eigenvalue weighted by molar-refractivity contribution is -0.124. The molecule has 0 aliphatic carbocycles. The summed E-state index contributed by atoms with van der Waals surface area (Å²) in [6.45, 7) is 4.21. The van der Waals surface area contributed by atoms with Crippen molar-refractivity contribution in [2.24, 2.45) is 5.92 Å². The van der Waals surface area contributed by atoms with Gasteiger partial charge in [-0.3, -0.25) is 4.79 Å². The minimum Gasteiger partial charge on any atom is -0.493 e. The number of benzene rings is 1. The van der Waals surface area contributed by atoms with Crippen LogP contribution in [0.1, 0.15) is 11.5 Å². The number of carbonyl (C=O) groups is 1. The second-order valence-electron chi connectivity index (χ2n) is 5.67. The molecule has 0 radical (unpaired) electrons. The second kappa shape index (κ2) is 9.93. The van der Waals surface area contributed by atoms with Gasteiger partial charge < -0.3 is 25.4 Å². The van der Waals surface area contributed by atoms with Gasteiger partial charge in [0.2, 0.25) is 5.91 Å². The third-order valence-electron chi connectivity index (χ3n) is 4.30. The zero-order chi connectivity index (χ0) is 15.4. The molecule has 0 saturated carbocycles. The van der Waals surface area contributed by atoms with Gasteiger partial charge in [-0.25, -0.2) is 0 Å². The van der Waals surface area contributed by atoms with E-state index in [0.29, 0.717) is 19.7 Å². The summed E-state index contributed by atoms with van der Waals surface area (Å²) in [6.07, 6.45) is 0. The van der Waals surface area contributed by atoms with Crippen LogP contribution in [-0.2, 0) is 4.79 Å². The maximum absolute atomic E-state index is 12.4. The molecule has 0 spiro atoms. The molecular weight excluding hydrogens is 353 g/mol. The van der Waals surface area contributed by atoms with Crippen molar-refractivity contribution in [3.05, 3.63) is 23.8 Å². The number of carbonyl (C=O) groups excluding carboxylic acids is 1. The zero-order valence-corrected chi connectivity index (χ0v) is 15.3. The van der Waals surface area contributed by atoms with Gasteiger partial charge >= 0.3 is 0 Å². The third kappa shape index (κ3) is 4.66. The molecule has 2 atom stereocenters. The van der Waals surface area contributed by atoms with E-state index in [1.165, 1.54) is 0 Å². The molecule has 2 heterocycles. The maximum Gasteiger partial charge on any atom is 0.225 e. The number of methoxy groups -OCH3 is 1. The fourth-order valence-corrected chi connectivity index (χ4v) is 3.10. The van der Waals surface area contributed by atoms with Gasteiger partial charge in [0.1, 0.15) is 6.61 Å². The number of hydrogen-bond acceptors (Lipinski definition) is 5. The average Bonchev–Trinajstić information content (AvgIpc) is 3.02. The first kappa shape index (κ1) is 20.8. The Kier molecular flexibility index (Phi) is 8.62. The number of nitrogens with one attached hydrogen (secondary N) is 3. The van der Waals surface area contributed by atoms with Crippen LogP contribution >= 0.6 is 24.8 Å². The zero-order valence-electron chi connectivity index (χ0n) is 13.7. The molecule has 3 N–H and O–H groups in total. The quantitative estimate of drug-likeness (QED) is 0.679. The number of halogens is 2. The molecule has 1 aromatic rings. The normalized spacial score (nSPS) is 23.6. The summed E-state index contributed by atoms with van der Waals surface area (Å²) in [6, 6.07) is 5.96. The van der Waals surface area contributed by atoms with E-state index in [2.05, 4.69) is 16.0 Å². The highest BCUT2D eigenvalue weighted by atomic mass is 35.5. The molecule has 1 amide bonds. The second-order valence-corrected chi connectivity index (χ2v) is 5.67. The van der Waals surface area contributed by atoms with Crippen LogP contribution in [0.15, 0.2) is 18.2 Å². The van der Waals surface area contributed by atoms with Crippen LogP contribution in [0.5, 0.6) is 11.5 Å². The lowest BCUT2D eigenvalue weighted by Crippen LogP contribution is -2.38. The van der Waals surface area contributed by atoms with Crippen molar-refractivity contribution in [1.82, 2.24) is 16.0 Å². The van der Waals surface area contributed by atoms with Gasteiger partial charge in [0.25, 0.3) is 0 Å². The SMILES string of the molecule is COc1ccc2cc1OCCNCCNC(=O)[C@H]1CNC[C@H]21.Cl.Cl. The van der Waals surface area contributed by atoms with Crippen LogP contribution in [0.2, 0.25) is 0 Å². The van der Waals surface area contributed by atoms with Gasteiger partial charge in [0.15, 0.2) is 11.5 Å². The summed E-state index contributed by atoms with van der Waals surface area (Å²) >= 11 is 0. The van der Waals surface area contributed by atoms with Crippen LogP contribution in [0.25, 0.3) is 0 Å². The van der Waals surface area contributed by atoms with Crippen molar-refractivity contribution in [3.8, 4) is 11.5 Å². The lowest BCUT2D eigenvalue weighted by atomic mass is 9.88. The van der Waals surface area contributed by atoms with Crippen LogP contribution in [0.4, 0.5) is 0 Å². The van der Waals surface area contributed by atoms with E-state index < -0.39 is 0 Å². The van der Waals surface area contributed by atoms with Crippen molar-refractivity contribution in [2.45, 2.75) is 5.92 Å². The van der Waals surface area contributed by atoms with E-state index in [0.717, 1.165) is 36.7 Å². The van der Waals surface area contributed by atoms with Crippen molar-refractivity contribution in [2.75, 3.05) is 46.4 Å². The van der Waals surface area contributed by atoms with Crippen molar-refractivity contribution in [1.29, 1.82) is 0 Å². The minimum atomic E-state index is -0.0398. The Labute approximate surface area is 154 Å². The summed E-state index contributed by atoms with van der Waals surface area (Å²) in [5.41, 5.74) is 1.12. The Morgan fingerprint density at radius 2 is 1.88 bits per heavy atom. The number of ether oxygens (including phenoxy) is 2. The smallest absolute Gasteiger partial charge is 0.225 e. The molecule has 2 aliphatic rings. The molecule has 0 unspecified atom stereocenters. The molecule has 1 aromatic carbocycles. The summed E-state index contributed by atoms with van der Waals surface area (Å²) < 4.78 is 11.2. The Hall–Kier alpha value is -1.21. The molecule has 2 bridgehead atoms. The summed E-state index contributed by atoms with van der Waals surface area (Å²) in [4.78, 5) is 12.4. The highest BCUT2D eigenvalue weighted by Gasteiger charge is 2.34. The Bertz CT molecular complexity index is 545. The van der Waals surface area contributed by atoms with Gasteiger partial charge in [-0.2, -0.15) is 0 Å². The third-order valence-corrected chi connectivity index (χ3v) is 4.30. The molecule has 1 saturated heterocycles. The highest BCUT2D eigenvalue weighted by Crippen LogP contribution is 2.35. The van der Waals surface area contributed by atoms with E-state index in [4.69, 9.17) is 9.47 Å². The van der Waals surface area contributed by atoms with Crippen molar-refractivity contribution in [3.63, 3.8) is 0 Å². The van der Waals surface area contributed by atoms with Crippen molar-refractivity contribution < 1.29 is 14.3 Å². The molecule has 8 heteroatoms. The number of amides is 1. The average molecular weight is 378 g/mol. The first-order valence-electron chi connectivity index (χ1n) is 7.79. The number of hydrogen-bond donors (Lipinski definition) is 3. The summed E-state index contributed by atoms with van der Waals surface area (Å²) in [5, 5.41) is 9.59. The van der Waals surface area contributed by atoms with Crippen LogP contribution in [0.3, 0.4) is 0 Å². The summed E-state index contributed by atoms with van der Waals surface area (Å²) in [5.74, 6) is 1.72. The van der Waals surface area contributed by atoms with Crippen LogP contribution in [0, 0.1) is 5.92 Å². The Balaban J connectivity index is 0.00000144. The predicted molar refractivity (Wildman–Crippen MR) is 98.0 cm³/mol. The highest BCUT2D eigenvalue weighted by molar-refractivity contribution is 5.85. The summed E-state index contributed by atoms with van der Waals surface area (Å²) in [7, 11) is 1.64. The fraction of sp³-hybridized carbons (Fsp3) is 0.562. The molecule has 0 aromatic heterocycles. The van der Waals surface area contributed by atoms with Gasteiger partial charge in [-0.05, 0) is 17.7 Å². The van der Waals surface area contributed by atoms with Crippen LogP contribution in [-0.4, -0.2) is 52.3 Å². The molecule has 24 heavy (non-hydrogen) atoms. The Morgan fingerprint density at radius 3 is 2.67 bits per heavy atom. The van der Waals surface area contributed by atoms with Gasteiger partial charge in [0.05, 0.1) is 13.0 Å². The van der Waals surface area contributed by atoms with E-state index in [-0.39, 0.29) is 42.6 Å². The minimum absolute atomic E-state index is 0. The fourth-order valence-electron chi connectivity index (χ4n) is 3.10. The molecule has 3 rings (SSSR count). The van der Waals surface area contributed by atoms with Gasteiger partial charge in [0, 0.05) is 38.6 Å². The van der Waals surface area contributed by atoms with Crippen molar-refractivity contribution >= 4 is 30.7 Å². The standard InChI is InChI=1S/C16H23N3O3.2ClH/c1-21-14-3-2-11-8-15(14)22-7-6-17-4-5-19-16(20)13-10-18-9-12(11)13;;/h2-3,8,12-13,17-18H,4-7,9-10H2,1H3,(H,19,20);2*1H/t12-,13+;;/m1../s1. The first-order valence-corrected chi connectivity index (χ1v) is 7.79. The van der Waals surface area contributed by atoms with Gasteiger partial charge in [-0.15, -0.1) is 24.8 Å². The predicted octanol–water partition coefficient (Wildman–Crippen LogP) is 0.940. The molecule has 136 valence electrons. The monoisotopic (exact) mass is 377 g/mol.